The van der Waals surface area contributed by atoms with Gasteiger partial charge in [0.05, 0.1) is 13.2 Å². The van der Waals surface area contributed by atoms with Crippen molar-refractivity contribution in [2.75, 3.05) is 19.0 Å². The van der Waals surface area contributed by atoms with Crippen LogP contribution in [0.1, 0.15) is 68.7 Å². The summed E-state index contributed by atoms with van der Waals surface area (Å²) in [5, 5.41) is 0.145. The van der Waals surface area contributed by atoms with Crippen molar-refractivity contribution in [2.24, 2.45) is 5.41 Å². The Labute approximate surface area is 144 Å². The van der Waals surface area contributed by atoms with E-state index in [1.807, 2.05) is 24.3 Å². The van der Waals surface area contributed by atoms with E-state index in [2.05, 4.69) is 20.8 Å². The van der Waals surface area contributed by atoms with E-state index in [0.717, 1.165) is 55.8 Å². The number of thioether (sulfide) groups is 1. The summed E-state index contributed by atoms with van der Waals surface area (Å²) in [6.07, 6.45) is 4.02. The van der Waals surface area contributed by atoms with Crippen LogP contribution in [0.2, 0.25) is 0 Å². The maximum absolute atomic E-state index is 12.1. The lowest BCUT2D eigenvalue weighted by Crippen LogP contribution is -2.37. The number of carbonyl (C=O) groups is 1. The van der Waals surface area contributed by atoms with Gasteiger partial charge in [0.15, 0.2) is 6.29 Å². The molecule has 0 aromatic heterocycles. The van der Waals surface area contributed by atoms with Gasteiger partial charge in [-0.3, -0.25) is 4.79 Å². The summed E-state index contributed by atoms with van der Waals surface area (Å²) in [6.45, 7) is 7.98. The quantitative estimate of drug-likeness (QED) is 0.640. The fourth-order valence-corrected chi connectivity index (χ4v) is 3.54. The summed E-state index contributed by atoms with van der Waals surface area (Å²) < 4.78 is 11.9. The van der Waals surface area contributed by atoms with Gasteiger partial charge in [0.25, 0.3) is 0 Å². The van der Waals surface area contributed by atoms with E-state index >= 15 is 0 Å². The summed E-state index contributed by atoms with van der Waals surface area (Å²) >= 11 is 1.40. The summed E-state index contributed by atoms with van der Waals surface area (Å²) in [6, 6.07) is 7.65. The number of ether oxygens (including phenoxy) is 2. The minimum Gasteiger partial charge on any atom is -0.348 e. The number of unbranched alkanes of at least 4 members (excludes halogenated alkanes) is 1. The highest BCUT2D eigenvalue weighted by atomic mass is 32.2. The second kappa shape index (κ2) is 8.86. The maximum atomic E-state index is 12.1. The Morgan fingerprint density at radius 3 is 2.26 bits per heavy atom. The Morgan fingerprint density at radius 1 is 1.13 bits per heavy atom. The van der Waals surface area contributed by atoms with Crippen molar-refractivity contribution in [2.45, 2.75) is 52.7 Å². The van der Waals surface area contributed by atoms with Crippen LogP contribution in [0.3, 0.4) is 0 Å². The topological polar surface area (TPSA) is 35.5 Å². The highest BCUT2D eigenvalue weighted by molar-refractivity contribution is 8.14. The molecule has 3 nitrogen and oxygen atoms in total. The van der Waals surface area contributed by atoms with E-state index in [-0.39, 0.29) is 16.8 Å². The second-order valence-electron chi connectivity index (χ2n) is 6.27. The molecule has 0 spiro atoms. The van der Waals surface area contributed by atoms with Crippen molar-refractivity contribution >= 4 is 16.9 Å². The van der Waals surface area contributed by atoms with Gasteiger partial charge in [0, 0.05) is 22.3 Å². The molecule has 1 heterocycles. The molecule has 2 rings (SSSR count). The number of benzene rings is 1. The second-order valence-corrected chi connectivity index (χ2v) is 7.34. The fraction of sp³-hybridized carbons (Fsp3) is 0.632. The average molecular weight is 336 g/mol. The van der Waals surface area contributed by atoms with Gasteiger partial charge in [0.2, 0.25) is 5.12 Å². The van der Waals surface area contributed by atoms with Crippen molar-refractivity contribution in [3.8, 4) is 0 Å². The maximum Gasteiger partial charge on any atom is 0.219 e. The molecule has 128 valence electrons. The smallest absolute Gasteiger partial charge is 0.219 e. The van der Waals surface area contributed by atoms with Gasteiger partial charge in [-0.1, -0.05) is 63.2 Å². The summed E-state index contributed by atoms with van der Waals surface area (Å²) in [5.41, 5.74) is 1.89. The molecule has 1 aliphatic heterocycles. The highest BCUT2D eigenvalue weighted by Gasteiger charge is 2.34. The standard InChI is InChI=1S/C19H28O3S/c1-4-7-12-23-17(20)15-8-10-16(11-9-15)18-21-13-19(5-2,6-3)14-22-18/h8-11,18H,4-7,12-14H2,1-3H3. The molecule has 0 saturated carbocycles. The van der Waals surface area contributed by atoms with Crippen LogP contribution in [-0.2, 0) is 9.47 Å². The summed E-state index contributed by atoms with van der Waals surface area (Å²) in [7, 11) is 0. The first-order chi connectivity index (χ1) is 11.1. The Bertz CT molecular complexity index is 484. The predicted molar refractivity (Wildman–Crippen MR) is 95.8 cm³/mol. The first kappa shape index (κ1) is 18.5. The number of hydrogen-bond donors (Lipinski definition) is 0. The zero-order chi connectivity index (χ0) is 16.7. The number of hydrogen-bond acceptors (Lipinski definition) is 4. The van der Waals surface area contributed by atoms with Gasteiger partial charge in [-0.05, 0) is 19.3 Å². The lowest BCUT2D eigenvalue weighted by Gasteiger charge is -2.39. The first-order valence-electron chi connectivity index (χ1n) is 8.64. The Kier molecular flexibility index (Phi) is 7.12. The minimum atomic E-state index is -0.307. The molecule has 1 aliphatic rings. The van der Waals surface area contributed by atoms with Crippen molar-refractivity contribution in [3.05, 3.63) is 35.4 Å². The largest absolute Gasteiger partial charge is 0.348 e. The Hall–Kier alpha value is -0.840. The summed E-state index contributed by atoms with van der Waals surface area (Å²) in [4.78, 5) is 12.1. The molecular formula is C19H28O3S. The number of rotatable bonds is 7. The van der Waals surface area contributed by atoms with Gasteiger partial charge in [-0.15, -0.1) is 0 Å². The van der Waals surface area contributed by atoms with Gasteiger partial charge in [-0.25, -0.2) is 0 Å². The Morgan fingerprint density at radius 2 is 1.74 bits per heavy atom. The van der Waals surface area contributed by atoms with Crippen LogP contribution in [0.5, 0.6) is 0 Å². The molecular weight excluding hydrogens is 308 g/mol. The van der Waals surface area contributed by atoms with Crippen molar-refractivity contribution in [1.82, 2.24) is 0 Å². The van der Waals surface area contributed by atoms with Crippen LogP contribution in [-0.4, -0.2) is 24.1 Å². The first-order valence-corrected chi connectivity index (χ1v) is 9.63. The van der Waals surface area contributed by atoms with E-state index in [4.69, 9.17) is 9.47 Å². The van der Waals surface area contributed by atoms with Crippen molar-refractivity contribution in [3.63, 3.8) is 0 Å². The van der Waals surface area contributed by atoms with Crippen LogP contribution in [0.4, 0.5) is 0 Å². The van der Waals surface area contributed by atoms with E-state index in [9.17, 15) is 4.79 Å². The zero-order valence-electron chi connectivity index (χ0n) is 14.5. The molecule has 1 aromatic carbocycles. The van der Waals surface area contributed by atoms with Gasteiger partial charge < -0.3 is 9.47 Å². The molecule has 0 N–H and O–H groups in total. The molecule has 23 heavy (non-hydrogen) atoms. The van der Waals surface area contributed by atoms with Crippen LogP contribution in [0, 0.1) is 5.41 Å². The van der Waals surface area contributed by atoms with Gasteiger partial charge in [-0.2, -0.15) is 0 Å². The number of carbonyl (C=O) groups excluding carboxylic acids is 1. The third-order valence-electron chi connectivity index (χ3n) is 4.73. The molecule has 0 amide bonds. The van der Waals surface area contributed by atoms with Crippen LogP contribution in [0.25, 0.3) is 0 Å². The van der Waals surface area contributed by atoms with Gasteiger partial charge >= 0.3 is 0 Å². The molecule has 0 radical (unpaired) electrons. The molecule has 0 bridgehead atoms. The van der Waals surface area contributed by atoms with Gasteiger partial charge in [0.1, 0.15) is 0 Å². The monoisotopic (exact) mass is 336 g/mol. The SMILES string of the molecule is CCCCSC(=O)c1ccc(C2OCC(CC)(CC)CO2)cc1. The molecule has 0 atom stereocenters. The molecule has 0 aliphatic carbocycles. The lowest BCUT2D eigenvalue weighted by atomic mass is 9.83. The molecule has 1 saturated heterocycles. The third-order valence-corrected chi connectivity index (χ3v) is 5.72. The van der Waals surface area contributed by atoms with Crippen molar-refractivity contribution in [1.29, 1.82) is 0 Å². The highest BCUT2D eigenvalue weighted by Crippen LogP contribution is 2.36. The molecule has 4 heteroatoms. The normalized spacial score (nSPS) is 18.0. The van der Waals surface area contributed by atoms with Crippen molar-refractivity contribution < 1.29 is 14.3 Å². The average Bonchev–Trinajstić information content (AvgIpc) is 2.62. The minimum absolute atomic E-state index is 0.145. The van der Waals surface area contributed by atoms with Crippen LogP contribution in [0.15, 0.2) is 24.3 Å². The molecule has 1 fully saturated rings. The Balaban J connectivity index is 1.92. The third kappa shape index (κ3) is 4.82. The summed E-state index contributed by atoms with van der Waals surface area (Å²) in [5.74, 6) is 0.891. The fourth-order valence-electron chi connectivity index (χ4n) is 2.61. The zero-order valence-corrected chi connectivity index (χ0v) is 15.3. The van der Waals surface area contributed by atoms with Crippen LogP contribution < -0.4 is 0 Å². The molecule has 1 aromatic rings. The predicted octanol–water partition coefficient (Wildman–Crippen LogP) is 5.21. The van der Waals surface area contributed by atoms with E-state index in [1.165, 1.54) is 11.8 Å². The van der Waals surface area contributed by atoms with E-state index in [0.29, 0.717) is 0 Å². The lowest BCUT2D eigenvalue weighted by molar-refractivity contribution is -0.235. The van der Waals surface area contributed by atoms with Crippen LogP contribution >= 0.6 is 11.8 Å². The van der Waals surface area contributed by atoms with E-state index in [1.54, 1.807) is 0 Å². The van der Waals surface area contributed by atoms with E-state index < -0.39 is 0 Å². The molecule has 0 unspecified atom stereocenters.